The first-order chi connectivity index (χ1) is 10.0. The van der Waals surface area contributed by atoms with Crippen LogP contribution in [0.15, 0.2) is 18.2 Å². The number of carbonyl (C=O) groups excluding carboxylic acids is 1. The van der Waals surface area contributed by atoms with E-state index >= 15 is 0 Å². The van der Waals surface area contributed by atoms with E-state index in [4.69, 9.17) is 10.5 Å². The number of nitrogens with two attached hydrogens (primary N) is 1. The van der Waals surface area contributed by atoms with Gasteiger partial charge in [-0.05, 0) is 25.0 Å². The molecule has 0 aliphatic carbocycles. The summed E-state index contributed by atoms with van der Waals surface area (Å²) in [5.74, 6) is -0.908. The van der Waals surface area contributed by atoms with Crippen molar-refractivity contribution in [3.63, 3.8) is 0 Å². The minimum absolute atomic E-state index is 0.318. The Bertz CT molecular complexity index is 544. The molecule has 6 nitrogen and oxygen atoms in total. The van der Waals surface area contributed by atoms with E-state index in [1.165, 1.54) is 12.0 Å². The van der Waals surface area contributed by atoms with Gasteiger partial charge in [-0.25, -0.2) is 4.79 Å². The van der Waals surface area contributed by atoms with Gasteiger partial charge in [-0.2, -0.15) is 0 Å². The molecule has 6 heteroatoms. The number of aliphatic carboxylic acids is 1. The number of ether oxygens (including phenoxy) is 1. The number of hydrogen-bond acceptors (Lipinski definition) is 4. The molecule has 1 aliphatic rings. The Hall–Kier alpha value is -2.24. The van der Waals surface area contributed by atoms with Gasteiger partial charge in [0.1, 0.15) is 11.8 Å². The average molecular weight is 292 g/mol. The molecule has 1 atom stereocenters. The van der Waals surface area contributed by atoms with Crippen molar-refractivity contribution in [3.8, 4) is 5.75 Å². The van der Waals surface area contributed by atoms with Crippen molar-refractivity contribution in [1.29, 1.82) is 0 Å². The van der Waals surface area contributed by atoms with Crippen molar-refractivity contribution >= 4 is 17.6 Å². The van der Waals surface area contributed by atoms with Crippen molar-refractivity contribution < 1.29 is 19.4 Å². The Labute approximate surface area is 123 Å². The number of likely N-dealkylation sites (tertiary alicyclic amines) is 1. The van der Waals surface area contributed by atoms with Crippen LogP contribution in [0.3, 0.4) is 0 Å². The number of benzene rings is 1. The molecule has 1 saturated heterocycles. The second-order valence-corrected chi connectivity index (χ2v) is 5.16. The molecule has 21 heavy (non-hydrogen) atoms. The quantitative estimate of drug-likeness (QED) is 0.828. The maximum Gasteiger partial charge on any atom is 0.326 e. The molecule has 0 spiro atoms. The maximum atomic E-state index is 12.7. The number of carboxylic acids is 1. The van der Waals surface area contributed by atoms with Gasteiger partial charge in [0, 0.05) is 18.3 Å². The van der Waals surface area contributed by atoms with E-state index in [-0.39, 0.29) is 5.91 Å². The highest BCUT2D eigenvalue weighted by Gasteiger charge is 2.32. The number of carbonyl (C=O) groups is 2. The van der Waals surface area contributed by atoms with Crippen molar-refractivity contribution in [2.75, 3.05) is 19.4 Å². The molecule has 2 rings (SSSR count). The number of amides is 1. The van der Waals surface area contributed by atoms with Crippen LogP contribution >= 0.6 is 0 Å². The first kappa shape index (κ1) is 15.2. The molecule has 1 aliphatic heterocycles. The van der Waals surface area contributed by atoms with Crippen LogP contribution in [-0.4, -0.2) is 41.6 Å². The zero-order chi connectivity index (χ0) is 15.4. The van der Waals surface area contributed by atoms with Gasteiger partial charge in [-0.15, -0.1) is 0 Å². The predicted molar refractivity (Wildman–Crippen MR) is 78.3 cm³/mol. The third-order valence-corrected chi connectivity index (χ3v) is 3.75. The third kappa shape index (κ3) is 3.26. The first-order valence-corrected chi connectivity index (χ1v) is 7.02. The molecule has 0 radical (unpaired) electrons. The van der Waals surface area contributed by atoms with Crippen molar-refractivity contribution in [3.05, 3.63) is 23.8 Å². The smallest absolute Gasteiger partial charge is 0.326 e. The Morgan fingerprint density at radius 1 is 1.33 bits per heavy atom. The lowest BCUT2D eigenvalue weighted by Gasteiger charge is -2.27. The summed E-state index contributed by atoms with van der Waals surface area (Å²) in [5.41, 5.74) is 6.52. The number of rotatable bonds is 3. The van der Waals surface area contributed by atoms with Crippen LogP contribution in [0.5, 0.6) is 5.75 Å². The normalized spacial score (nSPS) is 18.9. The maximum absolute atomic E-state index is 12.7. The highest BCUT2D eigenvalue weighted by Crippen LogP contribution is 2.26. The molecule has 1 unspecified atom stereocenters. The lowest BCUT2D eigenvalue weighted by Crippen LogP contribution is -2.44. The zero-order valence-corrected chi connectivity index (χ0v) is 12.0. The Kier molecular flexibility index (Phi) is 4.67. The van der Waals surface area contributed by atoms with Gasteiger partial charge in [0.05, 0.1) is 12.7 Å². The molecular weight excluding hydrogens is 272 g/mol. The largest absolute Gasteiger partial charge is 0.496 e. The highest BCUT2D eigenvalue weighted by molar-refractivity contribution is 5.99. The van der Waals surface area contributed by atoms with E-state index in [1.807, 2.05) is 0 Å². The van der Waals surface area contributed by atoms with Gasteiger partial charge in [0.2, 0.25) is 0 Å². The van der Waals surface area contributed by atoms with E-state index < -0.39 is 12.0 Å². The monoisotopic (exact) mass is 292 g/mol. The lowest BCUT2D eigenvalue weighted by molar-refractivity contribution is -0.142. The van der Waals surface area contributed by atoms with Crippen LogP contribution in [0.2, 0.25) is 0 Å². The Morgan fingerprint density at radius 3 is 2.76 bits per heavy atom. The Morgan fingerprint density at radius 2 is 2.10 bits per heavy atom. The zero-order valence-electron chi connectivity index (χ0n) is 12.0. The molecule has 1 amide bonds. The molecule has 1 fully saturated rings. The summed E-state index contributed by atoms with van der Waals surface area (Å²) in [6.07, 6.45) is 3.05. The average Bonchev–Trinajstić information content (AvgIpc) is 2.72. The number of nitrogen functional groups attached to an aromatic ring is 1. The molecule has 1 heterocycles. The number of nitrogens with zero attached hydrogens (tertiary/aromatic N) is 1. The molecule has 3 N–H and O–H groups in total. The summed E-state index contributed by atoms with van der Waals surface area (Å²) in [4.78, 5) is 25.6. The second-order valence-electron chi connectivity index (χ2n) is 5.16. The van der Waals surface area contributed by atoms with Crippen molar-refractivity contribution in [2.24, 2.45) is 0 Å². The summed E-state index contributed by atoms with van der Waals surface area (Å²) >= 11 is 0. The SMILES string of the molecule is COc1cc(N)ccc1C(=O)N1CCCCCC1C(=O)O. The summed E-state index contributed by atoms with van der Waals surface area (Å²) < 4.78 is 5.19. The van der Waals surface area contributed by atoms with E-state index in [2.05, 4.69) is 0 Å². The van der Waals surface area contributed by atoms with Crippen LogP contribution in [0.25, 0.3) is 0 Å². The molecule has 0 saturated carbocycles. The van der Waals surface area contributed by atoms with Crippen LogP contribution in [-0.2, 0) is 4.79 Å². The number of hydrogen-bond donors (Lipinski definition) is 2. The van der Waals surface area contributed by atoms with Gasteiger partial charge in [-0.3, -0.25) is 4.79 Å². The van der Waals surface area contributed by atoms with Gasteiger partial charge in [0.15, 0.2) is 0 Å². The van der Waals surface area contributed by atoms with Crippen LogP contribution in [0.1, 0.15) is 36.0 Å². The molecular formula is C15H20N2O4. The van der Waals surface area contributed by atoms with Crippen LogP contribution in [0.4, 0.5) is 5.69 Å². The second kappa shape index (κ2) is 6.47. The topological polar surface area (TPSA) is 92.9 Å². The van der Waals surface area contributed by atoms with Gasteiger partial charge >= 0.3 is 5.97 Å². The minimum atomic E-state index is -0.959. The lowest BCUT2D eigenvalue weighted by atomic mass is 10.1. The van der Waals surface area contributed by atoms with Crippen LogP contribution in [0, 0.1) is 0 Å². The van der Waals surface area contributed by atoms with E-state index in [0.29, 0.717) is 30.0 Å². The fourth-order valence-electron chi connectivity index (χ4n) is 2.65. The first-order valence-electron chi connectivity index (χ1n) is 7.02. The molecule has 0 aromatic heterocycles. The van der Waals surface area contributed by atoms with Crippen molar-refractivity contribution in [1.82, 2.24) is 4.90 Å². The fraction of sp³-hybridized carbons (Fsp3) is 0.467. The number of methoxy groups -OCH3 is 1. The van der Waals surface area contributed by atoms with Gasteiger partial charge < -0.3 is 20.5 Å². The fourth-order valence-corrected chi connectivity index (χ4v) is 2.65. The Balaban J connectivity index is 2.34. The summed E-state index contributed by atoms with van der Waals surface area (Å²) in [7, 11) is 1.46. The summed E-state index contributed by atoms with van der Waals surface area (Å²) in [6, 6.07) is 3.99. The highest BCUT2D eigenvalue weighted by atomic mass is 16.5. The van der Waals surface area contributed by atoms with Crippen LogP contribution < -0.4 is 10.5 Å². The minimum Gasteiger partial charge on any atom is -0.496 e. The van der Waals surface area contributed by atoms with Gasteiger partial charge in [-0.1, -0.05) is 12.8 Å². The number of carboxylic acid groups (broad SMARTS) is 1. The molecule has 0 bridgehead atoms. The molecule has 1 aromatic carbocycles. The number of anilines is 1. The summed E-state index contributed by atoms with van der Waals surface area (Å²) in [5, 5.41) is 9.35. The standard InChI is InChI=1S/C15H20N2O4/c1-21-13-9-10(16)6-7-11(13)14(18)17-8-4-2-3-5-12(17)15(19)20/h6-7,9,12H,2-5,8,16H2,1H3,(H,19,20). The molecule has 1 aromatic rings. The van der Waals surface area contributed by atoms with Crippen molar-refractivity contribution in [2.45, 2.75) is 31.7 Å². The third-order valence-electron chi connectivity index (χ3n) is 3.75. The summed E-state index contributed by atoms with van der Waals surface area (Å²) in [6.45, 7) is 0.448. The van der Waals surface area contributed by atoms with Gasteiger partial charge in [0.25, 0.3) is 5.91 Å². The molecule has 114 valence electrons. The van der Waals surface area contributed by atoms with E-state index in [1.54, 1.807) is 18.2 Å². The van der Waals surface area contributed by atoms with E-state index in [0.717, 1.165) is 19.3 Å². The van der Waals surface area contributed by atoms with E-state index in [9.17, 15) is 14.7 Å². The predicted octanol–water partition coefficient (Wildman–Crippen LogP) is 1.75.